The number of thiazole rings is 1. The van der Waals surface area contributed by atoms with Crippen molar-refractivity contribution in [1.29, 1.82) is 0 Å². The average Bonchev–Trinajstić information content (AvgIpc) is 2.77. The van der Waals surface area contributed by atoms with E-state index >= 15 is 0 Å². The van der Waals surface area contributed by atoms with E-state index in [1.165, 1.54) is 11.3 Å². The summed E-state index contributed by atoms with van der Waals surface area (Å²) in [7, 11) is 0. The molecule has 0 saturated carbocycles. The van der Waals surface area contributed by atoms with Crippen LogP contribution in [0.4, 0.5) is 5.13 Å². The Morgan fingerprint density at radius 1 is 1.06 bits per heavy atom. The number of phenolic OH excluding ortho intramolecular Hbond substituents is 1. The molecule has 4 heteroatoms. The number of hydrogen-bond donors (Lipinski definition) is 2. The summed E-state index contributed by atoms with van der Waals surface area (Å²) < 4.78 is 0. The highest BCUT2D eigenvalue weighted by atomic mass is 32.1. The first-order valence-corrected chi connectivity index (χ1v) is 6.06. The summed E-state index contributed by atoms with van der Waals surface area (Å²) in [5, 5.41) is 14.1. The smallest absolute Gasteiger partial charge is 0.180 e. The summed E-state index contributed by atoms with van der Waals surface area (Å²) in [4.78, 5) is 4.28. The van der Waals surface area contributed by atoms with E-state index < -0.39 is 0 Å². The molecule has 0 aliphatic heterocycles. The number of nitrogens with zero attached hydrogens (tertiary/aromatic N) is 1. The van der Waals surface area contributed by atoms with Gasteiger partial charge in [-0.3, -0.25) is 0 Å². The maximum absolute atomic E-state index is 9.81. The summed E-state index contributed by atoms with van der Waals surface area (Å²) in [6.07, 6.45) is 0. The fourth-order valence-corrected chi connectivity index (χ4v) is 2.48. The molecule has 3 N–H and O–H groups in total. The van der Waals surface area contributed by atoms with E-state index in [4.69, 9.17) is 5.73 Å². The fourth-order valence-electron chi connectivity index (χ4n) is 1.92. The van der Waals surface area contributed by atoms with Gasteiger partial charge >= 0.3 is 0 Å². The van der Waals surface area contributed by atoms with Crippen LogP contribution in [0.3, 0.4) is 0 Å². The second-order valence-corrected chi connectivity index (χ2v) is 4.64. The quantitative estimate of drug-likeness (QED) is 0.688. The number of aromatic nitrogens is 1. The minimum absolute atomic E-state index is 0.285. The van der Waals surface area contributed by atoms with E-state index in [0.717, 1.165) is 22.0 Å². The molecule has 0 saturated heterocycles. The highest BCUT2D eigenvalue weighted by Gasteiger charge is 2.09. The Kier molecular flexibility index (Phi) is 2.23. The lowest BCUT2D eigenvalue weighted by atomic mass is 10.0. The van der Waals surface area contributed by atoms with Crippen LogP contribution in [-0.4, -0.2) is 10.1 Å². The number of hydrogen-bond acceptors (Lipinski definition) is 4. The molecule has 2 aromatic carbocycles. The van der Waals surface area contributed by atoms with Crippen molar-refractivity contribution in [1.82, 2.24) is 4.98 Å². The molecule has 0 amide bonds. The molecule has 0 spiro atoms. The van der Waals surface area contributed by atoms with Crippen LogP contribution in [0.1, 0.15) is 0 Å². The number of benzene rings is 2. The van der Waals surface area contributed by atoms with Gasteiger partial charge in [0.25, 0.3) is 0 Å². The molecule has 1 heterocycles. The lowest BCUT2D eigenvalue weighted by molar-refractivity contribution is 0.481. The molecular formula is C13H10N2OS. The minimum atomic E-state index is 0.285. The third-order valence-electron chi connectivity index (χ3n) is 2.70. The number of phenols is 1. The fraction of sp³-hybridized carbons (Fsp3) is 0. The van der Waals surface area contributed by atoms with Crippen LogP contribution < -0.4 is 5.73 Å². The summed E-state index contributed by atoms with van der Waals surface area (Å²) in [5.74, 6) is 0.285. The highest BCUT2D eigenvalue weighted by Crippen LogP contribution is 2.34. The van der Waals surface area contributed by atoms with Crippen molar-refractivity contribution in [2.45, 2.75) is 0 Å². The van der Waals surface area contributed by atoms with E-state index in [-0.39, 0.29) is 5.75 Å². The zero-order chi connectivity index (χ0) is 11.8. The average molecular weight is 242 g/mol. The first kappa shape index (κ1) is 10.1. The zero-order valence-electron chi connectivity index (χ0n) is 8.92. The van der Waals surface area contributed by atoms with Gasteiger partial charge in [-0.2, -0.15) is 0 Å². The molecule has 84 valence electrons. The second-order valence-electron chi connectivity index (χ2n) is 3.75. The van der Waals surface area contributed by atoms with E-state index in [9.17, 15) is 5.11 Å². The van der Waals surface area contributed by atoms with Crippen LogP contribution in [0.25, 0.3) is 22.0 Å². The van der Waals surface area contributed by atoms with Crippen molar-refractivity contribution in [2.24, 2.45) is 0 Å². The third-order valence-corrected chi connectivity index (χ3v) is 3.37. The monoisotopic (exact) mass is 242 g/mol. The van der Waals surface area contributed by atoms with Crippen LogP contribution in [0.15, 0.2) is 41.8 Å². The lowest BCUT2D eigenvalue weighted by Crippen LogP contribution is -1.84. The SMILES string of the molecule is Nc1nc(-c2ccc(O)c3ccccc23)cs1. The van der Waals surface area contributed by atoms with Crippen molar-refractivity contribution in [3.05, 3.63) is 41.8 Å². The van der Waals surface area contributed by atoms with Crippen LogP contribution in [0.5, 0.6) is 5.75 Å². The van der Waals surface area contributed by atoms with Gasteiger partial charge in [-0.25, -0.2) is 4.98 Å². The van der Waals surface area contributed by atoms with Gasteiger partial charge in [-0.1, -0.05) is 24.3 Å². The van der Waals surface area contributed by atoms with E-state index in [1.807, 2.05) is 35.7 Å². The van der Waals surface area contributed by atoms with Gasteiger partial charge in [0.2, 0.25) is 0 Å². The molecule has 3 aromatic rings. The van der Waals surface area contributed by atoms with Crippen molar-refractivity contribution in [3.8, 4) is 17.0 Å². The van der Waals surface area contributed by atoms with Gasteiger partial charge in [0.15, 0.2) is 5.13 Å². The van der Waals surface area contributed by atoms with Gasteiger partial charge in [0, 0.05) is 16.3 Å². The Morgan fingerprint density at radius 3 is 2.53 bits per heavy atom. The molecular weight excluding hydrogens is 232 g/mol. The molecule has 3 rings (SSSR count). The van der Waals surface area contributed by atoms with Crippen LogP contribution in [-0.2, 0) is 0 Å². The first-order chi connectivity index (χ1) is 8.25. The number of aromatic hydroxyl groups is 1. The van der Waals surface area contributed by atoms with Crippen molar-refractivity contribution in [3.63, 3.8) is 0 Å². The number of fused-ring (bicyclic) bond motifs is 1. The summed E-state index contributed by atoms with van der Waals surface area (Å²) in [6, 6.07) is 11.3. The Hall–Kier alpha value is -2.07. The number of anilines is 1. The summed E-state index contributed by atoms with van der Waals surface area (Å²) >= 11 is 1.42. The number of rotatable bonds is 1. The van der Waals surface area contributed by atoms with Gasteiger partial charge in [-0.05, 0) is 17.5 Å². The molecule has 0 aliphatic rings. The molecule has 0 fully saturated rings. The standard InChI is InChI=1S/C13H10N2OS/c14-13-15-11(7-17-13)9-5-6-12(16)10-4-2-1-3-8(9)10/h1-7,16H,(H2,14,15). The van der Waals surface area contributed by atoms with Gasteiger partial charge < -0.3 is 10.8 Å². The second kappa shape index (κ2) is 3.75. The lowest BCUT2D eigenvalue weighted by Gasteiger charge is -2.05. The predicted octanol–water partition coefficient (Wildman–Crippen LogP) is 3.25. The molecule has 0 radical (unpaired) electrons. The molecule has 0 unspecified atom stereocenters. The molecule has 3 nitrogen and oxygen atoms in total. The van der Waals surface area contributed by atoms with E-state index in [2.05, 4.69) is 4.98 Å². The Bertz CT molecular complexity index is 691. The maximum Gasteiger partial charge on any atom is 0.180 e. The molecule has 0 bridgehead atoms. The first-order valence-electron chi connectivity index (χ1n) is 5.18. The van der Waals surface area contributed by atoms with Gasteiger partial charge in [0.1, 0.15) is 5.75 Å². The minimum Gasteiger partial charge on any atom is -0.507 e. The van der Waals surface area contributed by atoms with Crippen LogP contribution in [0.2, 0.25) is 0 Å². The van der Waals surface area contributed by atoms with Crippen LogP contribution in [0, 0.1) is 0 Å². The topological polar surface area (TPSA) is 59.1 Å². The number of nitrogens with two attached hydrogens (primary N) is 1. The third kappa shape index (κ3) is 1.62. The predicted molar refractivity (Wildman–Crippen MR) is 71.1 cm³/mol. The van der Waals surface area contributed by atoms with Crippen molar-refractivity contribution >= 4 is 27.2 Å². The van der Waals surface area contributed by atoms with Gasteiger partial charge in [0.05, 0.1) is 5.69 Å². The van der Waals surface area contributed by atoms with Crippen LogP contribution >= 0.6 is 11.3 Å². The Morgan fingerprint density at radius 2 is 1.82 bits per heavy atom. The van der Waals surface area contributed by atoms with E-state index in [1.54, 1.807) is 6.07 Å². The summed E-state index contributed by atoms with van der Waals surface area (Å²) in [5.41, 5.74) is 7.49. The highest BCUT2D eigenvalue weighted by molar-refractivity contribution is 7.13. The molecule has 0 aliphatic carbocycles. The molecule has 1 aromatic heterocycles. The Labute approximate surface area is 102 Å². The Balaban J connectivity index is 2.34. The normalized spacial score (nSPS) is 10.8. The summed E-state index contributed by atoms with van der Waals surface area (Å²) in [6.45, 7) is 0. The zero-order valence-corrected chi connectivity index (χ0v) is 9.74. The van der Waals surface area contributed by atoms with Gasteiger partial charge in [-0.15, -0.1) is 11.3 Å². The van der Waals surface area contributed by atoms with Crippen molar-refractivity contribution in [2.75, 3.05) is 5.73 Å². The van der Waals surface area contributed by atoms with Crippen molar-refractivity contribution < 1.29 is 5.11 Å². The maximum atomic E-state index is 9.81. The van der Waals surface area contributed by atoms with E-state index in [0.29, 0.717) is 5.13 Å². The molecule has 0 atom stereocenters. The molecule has 17 heavy (non-hydrogen) atoms. The largest absolute Gasteiger partial charge is 0.507 e. The number of nitrogen functional groups attached to an aromatic ring is 1.